The SMILES string of the molecule is CNCCC(Oc1c(I)ccc2ccccc12)c1ccoc1.O=C(O)C(O)C(O)C(=O)O. The lowest BCUT2D eigenvalue weighted by Crippen LogP contribution is -2.39. The third-order valence-electron chi connectivity index (χ3n) is 4.47. The molecule has 3 rings (SSSR count). The monoisotopic (exact) mass is 557 g/mol. The van der Waals surface area contributed by atoms with Gasteiger partial charge in [0.1, 0.15) is 11.9 Å². The van der Waals surface area contributed by atoms with Crippen LogP contribution in [0.2, 0.25) is 0 Å². The molecule has 32 heavy (non-hydrogen) atoms. The van der Waals surface area contributed by atoms with E-state index < -0.39 is 24.1 Å². The Kier molecular flexibility index (Phi) is 9.91. The van der Waals surface area contributed by atoms with E-state index in [1.54, 1.807) is 12.5 Å². The summed E-state index contributed by atoms with van der Waals surface area (Å²) in [7, 11) is 1.95. The first kappa shape index (κ1) is 25.6. The molecule has 0 aliphatic carbocycles. The highest BCUT2D eigenvalue weighted by molar-refractivity contribution is 14.1. The molecule has 3 atom stereocenters. The molecule has 0 fully saturated rings. The average Bonchev–Trinajstić information content (AvgIpc) is 3.32. The standard InChI is InChI=1S/C18H18INO2.C4H6O6/c1-20-10-8-17(14-9-11-21-12-14)22-18-15-5-3-2-4-13(15)6-7-16(18)19;5-1(3(7)8)2(6)4(9)10/h2-7,9,11-12,17,20H,8,10H2,1H3;1-2,5-6H,(H,7,8)(H,9,10). The molecule has 9 nitrogen and oxygen atoms in total. The quantitative estimate of drug-likeness (QED) is 0.250. The van der Waals surface area contributed by atoms with E-state index in [1.807, 2.05) is 25.2 Å². The predicted octanol–water partition coefficient (Wildman–Crippen LogP) is 2.64. The lowest BCUT2D eigenvalue weighted by Gasteiger charge is -2.20. The first-order valence-electron chi connectivity index (χ1n) is 9.58. The van der Waals surface area contributed by atoms with Gasteiger partial charge >= 0.3 is 11.9 Å². The van der Waals surface area contributed by atoms with Gasteiger partial charge in [-0.15, -0.1) is 0 Å². The summed E-state index contributed by atoms with van der Waals surface area (Å²) in [5, 5.41) is 38.0. The molecular weight excluding hydrogens is 533 g/mol. The zero-order valence-corrected chi connectivity index (χ0v) is 19.3. The van der Waals surface area contributed by atoms with Crippen molar-refractivity contribution in [3.05, 3.63) is 64.1 Å². The summed E-state index contributed by atoms with van der Waals surface area (Å²) in [4.78, 5) is 19.5. The number of carboxylic acids is 2. The van der Waals surface area contributed by atoms with Gasteiger partial charge in [-0.3, -0.25) is 0 Å². The number of rotatable bonds is 9. The zero-order valence-electron chi connectivity index (χ0n) is 17.1. The number of carbonyl (C=O) groups is 2. The van der Waals surface area contributed by atoms with Crippen molar-refractivity contribution >= 4 is 45.3 Å². The summed E-state index contributed by atoms with van der Waals surface area (Å²) >= 11 is 2.33. The maximum absolute atomic E-state index is 9.77. The summed E-state index contributed by atoms with van der Waals surface area (Å²) < 4.78 is 12.7. The third kappa shape index (κ3) is 6.92. The van der Waals surface area contributed by atoms with E-state index in [1.165, 1.54) is 5.39 Å². The molecule has 172 valence electrons. The minimum atomic E-state index is -2.27. The van der Waals surface area contributed by atoms with E-state index in [9.17, 15) is 9.59 Å². The van der Waals surface area contributed by atoms with Crippen LogP contribution < -0.4 is 10.1 Å². The molecule has 0 aliphatic rings. The van der Waals surface area contributed by atoms with Gasteiger partial charge in [0, 0.05) is 17.4 Å². The predicted molar refractivity (Wildman–Crippen MR) is 125 cm³/mol. The minimum Gasteiger partial charge on any atom is -0.484 e. The maximum atomic E-state index is 9.77. The zero-order chi connectivity index (χ0) is 23.7. The second-order valence-corrected chi connectivity index (χ2v) is 7.88. The topological polar surface area (TPSA) is 149 Å². The van der Waals surface area contributed by atoms with Crippen LogP contribution in [0.4, 0.5) is 0 Å². The second-order valence-electron chi connectivity index (χ2n) is 6.72. The fourth-order valence-corrected chi connectivity index (χ4v) is 3.37. The molecule has 0 saturated carbocycles. The highest BCUT2D eigenvalue weighted by Crippen LogP contribution is 2.35. The van der Waals surface area contributed by atoms with Gasteiger partial charge in [0.25, 0.3) is 0 Å². The van der Waals surface area contributed by atoms with Crippen LogP contribution in [-0.4, -0.2) is 58.2 Å². The molecule has 0 bridgehead atoms. The van der Waals surface area contributed by atoms with Crippen LogP contribution >= 0.6 is 22.6 Å². The van der Waals surface area contributed by atoms with Crippen LogP contribution in [0.25, 0.3) is 10.8 Å². The molecule has 0 spiro atoms. The molecule has 1 aromatic heterocycles. The van der Waals surface area contributed by atoms with Gasteiger partial charge in [0.05, 0.1) is 16.1 Å². The van der Waals surface area contributed by atoms with Crippen LogP contribution in [0.15, 0.2) is 59.4 Å². The van der Waals surface area contributed by atoms with Gasteiger partial charge in [0.2, 0.25) is 0 Å². The molecule has 3 unspecified atom stereocenters. The largest absolute Gasteiger partial charge is 0.484 e. The molecule has 5 N–H and O–H groups in total. The Morgan fingerprint density at radius 2 is 1.72 bits per heavy atom. The van der Waals surface area contributed by atoms with Gasteiger partial charge in [-0.25, -0.2) is 9.59 Å². The normalized spacial score (nSPS) is 13.5. The molecule has 0 saturated heterocycles. The van der Waals surface area contributed by atoms with Crippen molar-refractivity contribution < 1.29 is 39.2 Å². The summed E-state index contributed by atoms with van der Waals surface area (Å²) in [6.45, 7) is 0.886. The average molecular weight is 557 g/mol. The van der Waals surface area contributed by atoms with E-state index in [0.717, 1.165) is 33.2 Å². The summed E-state index contributed by atoms with van der Waals surface area (Å²) in [5.41, 5.74) is 1.07. The highest BCUT2D eigenvalue weighted by atomic mass is 127. The molecule has 3 aromatic rings. The van der Waals surface area contributed by atoms with Crippen LogP contribution in [-0.2, 0) is 9.59 Å². The van der Waals surface area contributed by atoms with Crippen LogP contribution in [0.1, 0.15) is 18.1 Å². The highest BCUT2D eigenvalue weighted by Gasteiger charge is 2.29. The minimum absolute atomic E-state index is 0.0227. The van der Waals surface area contributed by atoms with E-state index in [2.05, 4.69) is 52.2 Å². The second kappa shape index (κ2) is 12.4. The van der Waals surface area contributed by atoms with Crippen molar-refractivity contribution in [2.24, 2.45) is 0 Å². The Morgan fingerprint density at radius 1 is 1.06 bits per heavy atom. The fraction of sp³-hybridized carbons (Fsp3) is 0.273. The summed E-state index contributed by atoms with van der Waals surface area (Å²) in [6, 6.07) is 14.5. The maximum Gasteiger partial charge on any atom is 0.335 e. The number of carboxylic acid groups (broad SMARTS) is 2. The lowest BCUT2D eigenvalue weighted by molar-refractivity contribution is -0.165. The van der Waals surface area contributed by atoms with E-state index in [-0.39, 0.29) is 6.10 Å². The molecule has 0 radical (unpaired) electrons. The Hall–Kier alpha value is -2.67. The molecule has 10 heteroatoms. The Labute approximate surface area is 197 Å². The van der Waals surface area contributed by atoms with Crippen molar-refractivity contribution in [1.82, 2.24) is 5.32 Å². The Morgan fingerprint density at radius 3 is 2.28 bits per heavy atom. The number of ether oxygens (including phenoxy) is 1. The van der Waals surface area contributed by atoms with Crippen molar-refractivity contribution in [3.63, 3.8) is 0 Å². The van der Waals surface area contributed by atoms with Gasteiger partial charge in [-0.1, -0.05) is 30.3 Å². The molecule has 0 aliphatic heterocycles. The van der Waals surface area contributed by atoms with Gasteiger partial charge in [0.15, 0.2) is 12.2 Å². The number of aliphatic carboxylic acids is 2. The van der Waals surface area contributed by atoms with Gasteiger partial charge in [-0.2, -0.15) is 0 Å². The number of hydrogen-bond donors (Lipinski definition) is 5. The lowest BCUT2D eigenvalue weighted by atomic mass is 10.1. The molecular formula is C22H24INO8. The number of aliphatic hydroxyl groups is 2. The van der Waals surface area contributed by atoms with E-state index in [4.69, 9.17) is 29.6 Å². The summed E-state index contributed by atoms with van der Waals surface area (Å²) in [5.74, 6) is -2.59. The van der Waals surface area contributed by atoms with Crippen molar-refractivity contribution in [2.45, 2.75) is 24.7 Å². The first-order valence-corrected chi connectivity index (χ1v) is 10.7. The van der Waals surface area contributed by atoms with Crippen LogP contribution in [0.3, 0.4) is 0 Å². The number of halogens is 1. The van der Waals surface area contributed by atoms with Gasteiger partial charge in [-0.05, 0) is 53.7 Å². The van der Waals surface area contributed by atoms with Crippen LogP contribution in [0, 0.1) is 3.57 Å². The smallest absolute Gasteiger partial charge is 0.335 e. The number of nitrogens with one attached hydrogen (secondary N) is 1. The van der Waals surface area contributed by atoms with Crippen molar-refractivity contribution in [1.29, 1.82) is 0 Å². The molecule has 0 amide bonds. The fourth-order valence-electron chi connectivity index (χ4n) is 2.78. The van der Waals surface area contributed by atoms with Gasteiger partial charge < -0.3 is 34.9 Å². The number of furan rings is 1. The van der Waals surface area contributed by atoms with Crippen molar-refractivity contribution in [3.8, 4) is 5.75 Å². The molecule has 2 aromatic carbocycles. The first-order chi connectivity index (χ1) is 15.3. The van der Waals surface area contributed by atoms with Crippen molar-refractivity contribution in [2.75, 3.05) is 13.6 Å². The summed E-state index contributed by atoms with van der Waals surface area (Å²) in [6.07, 6.45) is -0.215. The number of benzene rings is 2. The Bertz CT molecular complexity index is 1010. The Balaban J connectivity index is 0.000000309. The van der Waals surface area contributed by atoms with E-state index >= 15 is 0 Å². The van der Waals surface area contributed by atoms with Crippen LogP contribution in [0.5, 0.6) is 5.75 Å². The number of fused-ring (bicyclic) bond motifs is 1. The third-order valence-corrected chi connectivity index (χ3v) is 5.32. The number of aliphatic hydroxyl groups excluding tert-OH is 2. The van der Waals surface area contributed by atoms with E-state index in [0.29, 0.717) is 0 Å². The number of hydrogen-bond acceptors (Lipinski definition) is 7. The molecule has 1 heterocycles.